The molecular formula is C16H15FN2O2S. The first kappa shape index (κ1) is 14.7. The predicted molar refractivity (Wildman–Crippen MR) is 87.3 cm³/mol. The third kappa shape index (κ3) is 2.39. The third-order valence-electron chi connectivity index (χ3n) is 3.50. The summed E-state index contributed by atoms with van der Waals surface area (Å²) in [7, 11) is 0. The summed E-state index contributed by atoms with van der Waals surface area (Å²) in [5, 5.41) is 0. The standard InChI is InChI=1S/C16H15FN2O2S/c1-16(2)15(20)19(12-6-3-10(17)4-7-12)13-8-5-11(18-22)9-14(13)21-16/h3-9,18,22H,1-2H3. The minimum Gasteiger partial charge on any atom is -0.476 e. The van der Waals surface area contributed by atoms with Gasteiger partial charge in [-0.3, -0.25) is 9.69 Å². The van der Waals surface area contributed by atoms with Crippen LogP contribution in [0.3, 0.4) is 0 Å². The van der Waals surface area contributed by atoms with E-state index in [0.29, 0.717) is 17.1 Å². The molecule has 0 spiro atoms. The molecule has 0 atom stereocenters. The maximum atomic E-state index is 13.2. The van der Waals surface area contributed by atoms with Gasteiger partial charge in [0.1, 0.15) is 11.6 Å². The Morgan fingerprint density at radius 2 is 1.86 bits per heavy atom. The molecule has 0 bridgehead atoms. The highest BCUT2D eigenvalue weighted by Gasteiger charge is 2.41. The lowest BCUT2D eigenvalue weighted by Crippen LogP contribution is -2.50. The average molecular weight is 318 g/mol. The van der Waals surface area contributed by atoms with E-state index >= 15 is 0 Å². The van der Waals surface area contributed by atoms with Crippen molar-refractivity contribution in [3.05, 3.63) is 48.3 Å². The maximum absolute atomic E-state index is 13.2. The van der Waals surface area contributed by atoms with Gasteiger partial charge in [0.15, 0.2) is 5.60 Å². The highest BCUT2D eigenvalue weighted by Crippen LogP contribution is 2.43. The zero-order valence-electron chi connectivity index (χ0n) is 12.1. The molecule has 22 heavy (non-hydrogen) atoms. The van der Waals surface area contributed by atoms with Crippen LogP contribution in [0, 0.1) is 5.82 Å². The number of fused-ring (bicyclic) bond motifs is 1. The van der Waals surface area contributed by atoms with Gasteiger partial charge in [-0.05, 0) is 50.2 Å². The lowest BCUT2D eigenvalue weighted by Gasteiger charge is -2.38. The molecule has 4 nitrogen and oxygen atoms in total. The average Bonchev–Trinajstić information content (AvgIpc) is 2.49. The summed E-state index contributed by atoms with van der Waals surface area (Å²) in [5.74, 6) is 0.00438. The Balaban J connectivity index is 2.16. The highest BCUT2D eigenvalue weighted by molar-refractivity contribution is 7.81. The van der Waals surface area contributed by atoms with Crippen LogP contribution in [0.5, 0.6) is 5.75 Å². The number of nitrogens with zero attached hydrogens (tertiary/aromatic N) is 1. The smallest absolute Gasteiger partial charge is 0.275 e. The molecule has 6 heteroatoms. The zero-order chi connectivity index (χ0) is 15.9. The molecule has 3 rings (SSSR count). The molecule has 1 aliphatic heterocycles. The van der Waals surface area contributed by atoms with E-state index in [-0.39, 0.29) is 11.7 Å². The lowest BCUT2D eigenvalue weighted by molar-refractivity contribution is -0.131. The van der Waals surface area contributed by atoms with E-state index in [4.69, 9.17) is 4.74 Å². The topological polar surface area (TPSA) is 41.6 Å². The van der Waals surface area contributed by atoms with Crippen LogP contribution in [-0.2, 0) is 4.79 Å². The van der Waals surface area contributed by atoms with Crippen molar-refractivity contribution in [2.24, 2.45) is 0 Å². The Morgan fingerprint density at radius 3 is 2.50 bits per heavy atom. The number of halogens is 1. The molecule has 1 N–H and O–H groups in total. The summed E-state index contributed by atoms with van der Waals surface area (Å²) in [6, 6.07) is 11.1. The van der Waals surface area contributed by atoms with Gasteiger partial charge in [0, 0.05) is 17.4 Å². The van der Waals surface area contributed by atoms with Gasteiger partial charge in [0.05, 0.1) is 5.69 Å². The molecule has 0 aliphatic carbocycles. The molecule has 1 heterocycles. The van der Waals surface area contributed by atoms with Crippen molar-refractivity contribution in [3.63, 3.8) is 0 Å². The monoisotopic (exact) mass is 318 g/mol. The van der Waals surface area contributed by atoms with Crippen LogP contribution in [0.4, 0.5) is 21.5 Å². The van der Waals surface area contributed by atoms with Gasteiger partial charge in [-0.1, -0.05) is 12.8 Å². The second-order valence-corrected chi connectivity index (χ2v) is 5.75. The number of carbonyl (C=O) groups is 1. The second-order valence-electron chi connectivity index (χ2n) is 5.52. The quantitative estimate of drug-likeness (QED) is 0.825. The van der Waals surface area contributed by atoms with E-state index in [1.165, 1.54) is 12.1 Å². The van der Waals surface area contributed by atoms with Crippen molar-refractivity contribution in [1.29, 1.82) is 0 Å². The summed E-state index contributed by atoms with van der Waals surface area (Å²) >= 11 is 4.01. The summed E-state index contributed by atoms with van der Waals surface area (Å²) < 4.78 is 21.7. The summed E-state index contributed by atoms with van der Waals surface area (Å²) in [5.41, 5.74) is 0.946. The number of thiol groups is 1. The molecule has 0 unspecified atom stereocenters. The molecule has 2 aromatic carbocycles. The van der Waals surface area contributed by atoms with Crippen molar-refractivity contribution in [1.82, 2.24) is 0 Å². The fraction of sp³-hybridized carbons (Fsp3) is 0.188. The van der Waals surface area contributed by atoms with E-state index in [1.54, 1.807) is 49.1 Å². The van der Waals surface area contributed by atoms with Crippen LogP contribution in [0.15, 0.2) is 42.5 Å². The molecular weight excluding hydrogens is 303 g/mol. The molecule has 114 valence electrons. The number of hydrogen-bond donors (Lipinski definition) is 2. The Labute approximate surface area is 133 Å². The number of nitrogens with one attached hydrogen (secondary N) is 1. The number of ether oxygens (including phenoxy) is 1. The Hall–Kier alpha value is -2.21. The Bertz CT molecular complexity index is 731. The van der Waals surface area contributed by atoms with E-state index in [2.05, 4.69) is 17.5 Å². The third-order valence-corrected chi connectivity index (χ3v) is 3.76. The van der Waals surface area contributed by atoms with Crippen molar-refractivity contribution in [2.45, 2.75) is 19.4 Å². The zero-order valence-corrected chi connectivity index (χ0v) is 13.0. The first-order chi connectivity index (χ1) is 10.4. The van der Waals surface area contributed by atoms with Crippen LogP contribution in [0.25, 0.3) is 0 Å². The molecule has 0 aromatic heterocycles. The second kappa shape index (κ2) is 5.21. The van der Waals surface area contributed by atoms with Crippen molar-refractivity contribution >= 4 is 35.8 Å². The molecule has 0 saturated heterocycles. The number of amides is 1. The van der Waals surface area contributed by atoms with Crippen LogP contribution in [0.1, 0.15) is 13.8 Å². The molecule has 0 fully saturated rings. The van der Waals surface area contributed by atoms with Gasteiger partial charge < -0.3 is 9.46 Å². The minimum absolute atomic E-state index is 0.210. The van der Waals surface area contributed by atoms with E-state index < -0.39 is 5.60 Å². The molecule has 0 radical (unpaired) electrons. The van der Waals surface area contributed by atoms with Gasteiger partial charge in [0.25, 0.3) is 5.91 Å². The van der Waals surface area contributed by atoms with Crippen LogP contribution in [0.2, 0.25) is 0 Å². The molecule has 1 amide bonds. The number of carbonyl (C=O) groups excluding carboxylic acids is 1. The highest BCUT2D eigenvalue weighted by atomic mass is 32.1. The van der Waals surface area contributed by atoms with Crippen molar-refractivity contribution < 1.29 is 13.9 Å². The number of benzene rings is 2. The van der Waals surface area contributed by atoms with Crippen LogP contribution >= 0.6 is 12.8 Å². The van der Waals surface area contributed by atoms with E-state index in [0.717, 1.165) is 5.69 Å². The molecule has 1 aliphatic rings. The molecule has 2 aromatic rings. The fourth-order valence-corrected chi connectivity index (χ4v) is 2.53. The van der Waals surface area contributed by atoms with Crippen LogP contribution in [-0.4, -0.2) is 11.5 Å². The van der Waals surface area contributed by atoms with E-state index in [1.807, 2.05) is 0 Å². The minimum atomic E-state index is -1.02. The van der Waals surface area contributed by atoms with E-state index in [9.17, 15) is 9.18 Å². The fourth-order valence-electron chi connectivity index (χ4n) is 2.39. The summed E-state index contributed by atoms with van der Waals surface area (Å²) in [4.78, 5) is 14.3. The SMILES string of the molecule is CC1(C)Oc2cc(NS)ccc2N(c2ccc(F)cc2)C1=O. The number of anilines is 3. The predicted octanol–water partition coefficient (Wildman–Crippen LogP) is 3.92. The molecule has 0 saturated carbocycles. The van der Waals surface area contributed by atoms with Gasteiger partial charge in [-0.2, -0.15) is 0 Å². The van der Waals surface area contributed by atoms with Crippen molar-refractivity contribution in [3.8, 4) is 5.75 Å². The van der Waals surface area contributed by atoms with Crippen LogP contribution < -0.4 is 14.4 Å². The normalized spacial score (nSPS) is 16.0. The lowest BCUT2D eigenvalue weighted by atomic mass is 10.0. The first-order valence-electron chi connectivity index (χ1n) is 6.76. The Morgan fingerprint density at radius 1 is 1.18 bits per heavy atom. The largest absolute Gasteiger partial charge is 0.476 e. The summed E-state index contributed by atoms with van der Waals surface area (Å²) in [6.07, 6.45) is 0. The number of rotatable bonds is 2. The van der Waals surface area contributed by atoms with Crippen molar-refractivity contribution in [2.75, 3.05) is 9.62 Å². The maximum Gasteiger partial charge on any atom is 0.275 e. The van der Waals surface area contributed by atoms with Gasteiger partial charge in [-0.15, -0.1) is 0 Å². The van der Waals surface area contributed by atoms with Gasteiger partial charge in [-0.25, -0.2) is 4.39 Å². The first-order valence-corrected chi connectivity index (χ1v) is 7.20. The van der Waals surface area contributed by atoms with Gasteiger partial charge >= 0.3 is 0 Å². The Kier molecular flexibility index (Phi) is 3.48. The number of hydrogen-bond acceptors (Lipinski definition) is 4. The van der Waals surface area contributed by atoms with Gasteiger partial charge in [0.2, 0.25) is 0 Å². The summed E-state index contributed by atoms with van der Waals surface area (Å²) in [6.45, 7) is 3.41.